The van der Waals surface area contributed by atoms with Gasteiger partial charge in [-0.25, -0.2) is 9.07 Å². The molecule has 0 bridgehead atoms. The summed E-state index contributed by atoms with van der Waals surface area (Å²) < 4.78 is 14.1. The van der Waals surface area contributed by atoms with Crippen LogP contribution < -0.4 is 10.9 Å². The fourth-order valence-electron chi connectivity index (χ4n) is 2.55. The molecule has 1 fully saturated rings. The van der Waals surface area contributed by atoms with Gasteiger partial charge in [0, 0.05) is 18.5 Å². The van der Waals surface area contributed by atoms with Gasteiger partial charge in [0.1, 0.15) is 11.9 Å². The maximum atomic E-state index is 12.9. The third-order valence-electron chi connectivity index (χ3n) is 4.21. The molecule has 1 N–H and O–H groups in total. The maximum absolute atomic E-state index is 12.9. The number of carbonyl (C=O) groups excluding carboxylic acids is 1. The summed E-state index contributed by atoms with van der Waals surface area (Å²) in [6, 6.07) is 8.73. The normalized spacial score (nSPS) is 15.1. The molecule has 0 aliphatic heterocycles. The molecule has 0 spiro atoms. The zero-order chi connectivity index (χ0) is 17.1. The Hall–Kier alpha value is -2.50. The van der Waals surface area contributed by atoms with Crippen molar-refractivity contribution < 1.29 is 9.18 Å². The Balaban J connectivity index is 1.59. The molecule has 126 valence electrons. The minimum absolute atomic E-state index is 0.250. The molecule has 2 aromatic rings. The van der Waals surface area contributed by atoms with Crippen molar-refractivity contribution in [1.29, 1.82) is 0 Å². The Bertz CT molecular complexity index is 782. The van der Waals surface area contributed by atoms with Crippen LogP contribution in [0.4, 0.5) is 4.39 Å². The highest BCUT2D eigenvalue weighted by molar-refractivity contribution is 5.79. The molecule has 3 rings (SSSR count). The molecule has 1 amide bonds. The van der Waals surface area contributed by atoms with Crippen LogP contribution in [0.2, 0.25) is 0 Å². The molecule has 1 heterocycles. The zero-order valence-corrected chi connectivity index (χ0v) is 13.5. The molecule has 24 heavy (non-hydrogen) atoms. The summed E-state index contributed by atoms with van der Waals surface area (Å²) in [5.74, 6) is -0.109. The number of hydrogen-bond donors (Lipinski definition) is 1. The Morgan fingerprint density at radius 1 is 1.29 bits per heavy atom. The van der Waals surface area contributed by atoms with Crippen LogP contribution in [0, 0.1) is 5.82 Å². The molecule has 1 aliphatic carbocycles. The summed E-state index contributed by atoms with van der Waals surface area (Å²) in [6.07, 6.45) is 2.77. The first-order valence-corrected chi connectivity index (χ1v) is 8.16. The van der Waals surface area contributed by atoms with Crippen LogP contribution in [0.25, 0.3) is 0 Å². The van der Waals surface area contributed by atoms with E-state index in [0.29, 0.717) is 18.9 Å². The molecule has 1 aliphatic rings. The molecule has 5 nitrogen and oxygen atoms in total. The molecule has 0 radical (unpaired) electrons. The lowest BCUT2D eigenvalue weighted by molar-refractivity contribution is -0.124. The first-order valence-electron chi connectivity index (χ1n) is 8.16. The Labute approximate surface area is 139 Å². The van der Waals surface area contributed by atoms with Crippen LogP contribution in [0.1, 0.15) is 43.0 Å². The molecule has 1 unspecified atom stereocenters. The van der Waals surface area contributed by atoms with Crippen molar-refractivity contribution in [1.82, 2.24) is 15.1 Å². The smallest absolute Gasteiger partial charge is 0.267 e. The summed E-state index contributed by atoms with van der Waals surface area (Å²) in [7, 11) is 0. The second kappa shape index (κ2) is 6.95. The van der Waals surface area contributed by atoms with Crippen molar-refractivity contribution in [2.75, 3.05) is 6.54 Å². The van der Waals surface area contributed by atoms with Gasteiger partial charge in [-0.15, -0.1) is 0 Å². The summed E-state index contributed by atoms with van der Waals surface area (Å²) in [4.78, 5) is 24.2. The van der Waals surface area contributed by atoms with E-state index in [4.69, 9.17) is 0 Å². The monoisotopic (exact) mass is 329 g/mol. The van der Waals surface area contributed by atoms with E-state index in [1.54, 1.807) is 25.1 Å². The molecule has 6 heteroatoms. The molecule has 1 aromatic heterocycles. The highest BCUT2D eigenvalue weighted by Gasteiger charge is 2.26. The van der Waals surface area contributed by atoms with E-state index < -0.39 is 6.04 Å². The van der Waals surface area contributed by atoms with Gasteiger partial charge in [0.2, 0.25) is 5.91 Å². The van der Waals surface area contributed by atoms with E-state index in [9.17, 15) is 14.0 Å². The summed E-state index contributed by atoms with van der Waals surface area (Å²) in [6.45, 7) is 2.09. The number of benzene rings is 1. The van der Waals surface area contributed by atoms with Gasteiger partial charge >= 0.3 is 0 Å². The highest BCUT2D eigenvalue weighted by atomic mass is 19.1. The van der Waals surface area contributed by atoms with Crippen LogP contribution >= 0.6 is 0 Å². The van der Waals surface area contributed by atoms with Crippen LogP contribution in [0.5, 0.6) is 0 Å². The number of rotatable bonds is 6. The van der Waals surface area contributed by atoms with Crippen molar-refractivity contribution in [2.24, 2.45) is 0 Å². The number of nitrogens with one attached hydrogen (secondary N) is 1. The number of halogens is 1. The van der Waals surface area contributed by atoms with Gasteiger partial charge in [0.15, 0.2) is 0 Å². The lowest BCUT2D eigenvalue weighted by atomic mass is 10.1. The molecule has 0 saturated heterocycles. The third-order valence-corrected chi connectivity index (χ3v) is 4.21. The fourth-order valence-corrected chi connectivity index (χ4v) is 2.55. The topological polar surface area (TPSA) is 64.0 Å². The Morgan fingerprint density at radius 2 is 2.00 bits per heavy atom. The zero-order valence-electron chi connectivity index (χ0n) is 13.5. The van der Waals surface area contributed by atoms with Gasteiger partial charge in [-0.05, 0) is 49.9 Å². The van der Waals surface area contributed by atoms with Crippen molar-refractivity contribution in [2.45, 2.75) is 38.1 Å². The number of aromatic nitrogens is 2. The second-order valence-electron chi connectivity index (χ2n) is 6.16. The van der Waals surface area contributed by atoms with E-state index >= 15 is 0 Å². The lowest BCUT2D eigenvalue weighted by Crippen LogP contribution is -2.38. The van der Waals surface area contributed by atoms with Crippen LogP contribution in [0.15, 0.2) is 41.2 Å². The fraction of sp³-hybridized carbons (Fsp3) is 0.389. The molecular formula is C18H20FN3O2. The summed E-state index contributed by atoms with van der Waals surface area (Å²) in [5.41, 5.74) is 1.54. The van der Waals surface area contributed by atoms with Crippen LogP contribution in [-0.2, 0) is 11.2 Å². The minimum Gasteiger partial charge on any atom is -0.354 e. The van der Waals surface area contributed by atoms with E-state index in [-0.39, 0.29) is 17.3 Å². The van der Waals surface area contributed by atoms with Crippen molar-refractivity contribution in [3.63, 3.8) is 0 Å². The van der Waals surface area contributed by atoms with Crippen LogP contribution in [-0.4, -0.2) is 22.2 Å². The number of amides is 1. The van der Waals surface area contributed by atoms with Crippen molar-refractivity contribution in [3.8, 4) is 0 Å². The summed E-state index contributed by atoms with van der Waals surface area (Å²) >= 11 is 0. The maximum Gasteiger partial charge on any atom is 0.267 e. The molecule has 1 saturated carbocycles. The molecular weight excluding hydrogens is 309 g/mol. The average molecular weight is 329 g/mol. The van der Waals surface area contributed by atoms with E-state index in [1.807, 2.05) is 0 Å². The Kier molecular flexibility index (Phi) is 4.74. The van der Waals surface area contributed by atoms with Gasteiger partial charge in [0.05, 0.1) is 5.69 Å². The highest BCUT2D eigenvalue weighted by Crippen LogP contribution is 2.38. The predicted octanol–water partition coefficient (Wildman–Crippen LogP) is 2.18. The first kappa shape index (κ1) is 16.4. The number of hydrogen-bond acceptors (Lipinski definition) is 3. The summed E-state index contributed by atoms with van der Waals surface area (Å²) in [5, 5.41) is 7.14. The van der Waals surface area contributed by atoms with Crippen molar-refractivity contribution >= 4 is 5.91 Å². The average Bonchev–Trinajstić information content (AvgIpc) is 3.41. The van der Waals surface area contributed by atoms with Gasteiger partial charge in [-0.2, -0.15) is 5.10 Å². The SMILES string of the molecule is CC(C(=O)NCCc1ccc(F)cc1)n1nc(C2CC2)ccc1=O. The second-order valence-corrected chi connectivity index (χ2v) is 6.16. The van der Waals surface area contributed by atoms with Crippen molar-refractivity contribution in [3.05, 3.63) is 63.8 Å². The molecule has 1 atom stereocenters. The standard InChI is InChI=1S/C18H20FN3O2/c1-12(22-17(23)9-8-16(21-22)14-4-5-14)18(24)20-11-10-13-2-6-15(19)7-3-13/h2-3,6-9,12,14H,4-5,10-11H2,1H3,(H,20,24). The lowest BCUT2D eigenvalue weighted by Gasteiger charge is -2.15. The quantitative estimate of drug-likeness (QED) is 0.883. The van der Waals surface area contributed by atoms with E-state index in [2.05, 4.69) is 10.4 Å². The predicted molar refractivity (Wildman–Crippen MR) is 88.3 cm³/mol. The van der Waals surface area contributed by atoms with Gasteiger partial charge in [-0.3, -0.25) is 9.59 Å². The van der Waals surface area contributed by atoms with Gasteiger partial charge < -0.3 is 5.32 Å². The number of carbonyl (C=O) groups is 1. The minimum atomic E-state index is -0.663. The van der Waals surface area contributed by atoms with E-state index in [1.165, 1.54) is 22.9 Å². The Morgan fingerprint density at radius 3 is 2.67 bits per heavy atom. The largest absolute Gasteiger partial charge is 0.354 e. The third kappa shape index (κ3) is 3.88. The number of nitrogens with zero attached hydrogens (tertiary/aromatic N) is 2. The first-order chi connectivity index (χ1) is 11.5. The molecule has 1 aromatic carbocycles. The van der Waals surface area contributed by atoms with Gasteiger partial charge in [-0.1, -0.05) is 12.1 Å². The van der Waals surface area contributed by atoms with E-state index in [0.717, 1.165) is 24.1 Å². The van der Waals surface area contributed by atoms with Gasteiger partial charge in [0.25, 0.3) is 5.56 Å². The van der Waals surface area contributed by atoms with Crippen LogP contribution in [0.3, 0.4) is 0 Å².